The van der Waals surface area contributed by atoms with E-state index in [-0.39, 0.29) is 6.03 Å². The van der Waals surface area contributed by atoms with Crippen LogP contribution in [0, 0.1) is 5.92 Å². The van der Waals surface area contributed by atoms with E-state index in [2.05, 4.69) is 12.2 Å². The quantitative estimate of drug-likeness (QED) is 0.923. The van der Waals surface area contributed by atoms with Gasteiger partial charge in [-0.1, -0.05) is 6.92 Å². The van der Waals surface area contributed by atoms with Crippen molar-refractivity contribution in [1.29, 1.82) is 0 Å². The predicted molar refractivity (Wildman–Crippen MR) is 89.7 cm³/mol. The monoisotopic (exact) mass is 322 g/mol. The molecule has 0 radical (unpaired) electrons. The second-order valence-electron chi connectivity index (χ2n) is 5.87. The van der Waals surface area contributed by atoms with Gasteiger partial charge in [0.15, 0.2) is 11.5 Å². The molecule has 23 heavy (non-hydrogen) atoms. The summed E-state index contributed by atoms with van der Waals surface area (Å²) >= 11 is 0. The fourth-order valence-corrected chi connectivity index (χ4v) is 2.82. The lowest BCUT2D eigenvalue weighted by Gasteiger charge is -2.22. The summed E-state index contributed by atoms with van der Waals surface area (Å²) in [5, 5.41) is 2.93. The van der Waals surface area contributed by atoms with Crippen molar-refractivity contribution in [3.63, 3.8) is 0 Å². The van der Waals surface area contributed by atoms with Crippen LogP contribution >= 0.6 is 0 Å². The van der Waals surface area contributed by atoms with E-state index in [9.17, 15) is 4.79 Å². The van der Waals surface area contributed by atoms with Gasteiger partial charge in [-0.25, -0.2) is 4.79 Å². The topological polar surface area (TPSA) is 60.0 Å². The molecule has 0 saturated carbocycles. The molecule has 1 aromatic rings. The first kappa shape index (κ1) is 17.2. The summed E-state index contributed by atoms with van der Waals surface area (Å²) < 4.78 is 15.9. The largest absolute Gasteiger partial charge is 0.493 e. The van der Waals surface area contributed by atoms with E-state index < -0.39 is 0 Å². The van der Waals surface area contributed by atoms with Crippen LogP contribution in [-0.4, -0.2) is 45.3 Å². The van der Waals surface area contributed by atoms with Gasteiger partial charge in [0.05, 0.1) is 27.0 Å². The summed E-state index contributed by atoms with van der Waals surface area (Å²) in [4.78, 5) is 14.4. The van der Waals surface area contributed by atoms with E-state index in [1.54, 1.807) is 33.5 Å². The number of benzene rings is 1. The van der Waals surface area contributed by atoms with Crippen molar-refractivity contribution in [2.75, 3.05) is 39.7 Å². The summed E-state index contributed by atoms with van der Waals surface area (Å²) in [6.45, 7) is 3.82. The molecule has 1 heterocycles. The Labute approximate surface area is 137 Å². The van der Waals surface area contributed by atoms with E-state index >= 15 is 0 Å². The van der Waals surface area contributed by atoms with Gasteiger partial charge in [-0.2, -0.15) is 0 Å². The number of carbonyl (C=O) groups excluding carboxylic acids is 1. The molecule has 1 saturated heterocycles. The number of rotatable bonds is 4. The Bertz CT molecular complexity index is 522. The van der Waals surface area contributed by atoms with Crippen molar-refractivity contribution < 1.29 is 19.0 Å². The Morgan fingerprint density at radius 1 is 1.09 bits per heavy atom. The number of carbonyl (C=O) groups is 1. The molecule has 2 rings (SSSR count). The number of nitrogens with one attached hydrogen (secondary N) is 1. The minimum atomic E-state index is -0.0895. The number of anilines is 1. The Kier molecular flexibility index (Phi) is 5.96. The van der Waals surface area contributed by atoms with Gasteiger partial charge in [0.1, 0.15) is 0 Å². The van der Waals surface area contributed by atoms with Crippen LogP contribution in [0.2, 0.25) is 0 Å². The highest BCUT2D eigenvalue weighted by Crippen LogP contribution is 2.40. The zero-order chi connectivity index (χ0) is 16.8. The fraction of sp³-hybridized carbons (Fsp3) is 0.588. The third-order valence-electron chi connectivity index (χ3n) is 4.22. The van der Waals surface area contributed by atoms with Gasteiger partial charge >= 0.3 is 6.03 Å². The summed E-state index contributed by atoms with van der Waals surface area (Å²) in [7, 11) is 4.66. The number of amides is 2. The molecule has 6 nitrogen and oxygen atoms in total. The zero-order valence-electron chi connectivity index (χ0n) is 14.3. The number of ether oxygens (including phenoxy) is 3. The van der Waals surface area contributed by atoms with Crippen LogP contribution in [0.25, 0.3) is 0 Å². The van der Waals surface area contributed by atoms with Gasteiger partial charge in [0, 0.05) is 25.2 Å². The third kappa shape index (κ3) is 4.21. The van der Waals surface area contributed by atoms with Crippen LogP contribution < -0.4 is 19.5 Å². The Hall–Kier alpha value is -2.11. The van der Waals surface area contributed by atoms with E-state index in [1.165, 1.54) is 6.42 Å². The highest BCUT2D eigenvalue weighted by molar-refractivity contribution is 5.90. The average Bonchev–Trinajstić information content (AvgIpc) is 2.78. The lowest BCUT2D eigenvalue weighted by Crippen LogP contribution is -2.35. The van der Waals surface area contributed by atoms with Crippen LogP contribution in [0.5, 0.6) is 17.2 Å². The molecule has 1 atom stereocenters. The predicted octanol–water partition coefficient (Wildman–Crippen LogP) is 3.37. The van der Waals surface area contributed by atoms with Crippen molar-refractivity contribution in [2.45, 2.75) is 26.2 Å². The van der Waals surface area contributed by atoms with Crippen molar-refractivity contribution in [1.82, 2.24) is 4.90 Å². The highest BCUT2D eigenvalue weighted by Gasteiger charge is 2.20. The fourth-order valence-electron chi connectivity index (χ4n) is 2.82. The zero-order valence-corrected chi connectivity index (χ0v) is 14.3. The number of hydrogen-bond donors (Lipinski definition) is 1. The molecule has 1 aliphatic rings. The molecule has 0 spiro atoms. The van der Waals surface area contributed by atoms with Crippen LogP contribution in [0.1, 0.15) is 26.2 Å². The first-order valence-corrected chi connectivity index (χ1v) is 7.95. The molecule has 1 N–H and O–H groups in total. The number of urea groups is 1. The first-order chi connectivity index (χ1) is 11.1. The third-order valence-corrected chi connectivity index (χ3v) is 4.22. The maximum absolute atomic E-state index is 12.5. The standard InChI is InChI=1S/C17H26N2O4/c1-12-6-5-8-19(9-7-12)17(20)18-13-10-14(21-2)16(23-4)15(11-13)22-3/h10-12H,5-9H2,1-4H3,(H,18,20). The smallest absolute Gasteiger partial charge is 0.321 e. The molecule has 0 aromatic heterocycles. The Morgan fingerprint density at radius 3 is 2.30 bits per heavy atom. The average molecular weight is 322 g/mol. The molecule has 128 valence electrons. The van der Waals surface area contributed by atoms with Crippen LogP contribution in [0.3, 0.4) is 0 Å². The molecular weight excluding hydrogens is 296 g/mol. The summed E-state index contributed by atoms with van der Waals surface area (Å²) in [5.74, 6) is 2.23. The second-order valence-corrected chi connectivity index (χ2v) is 5.87. The Balaban J connectivity index is 2.14. The van der Waals surface area contributed by atoms with Gasteiger partial charge in [-0.05, 0) is 25.2 Å². The van der Waals surface area contributed by atoms with Gasteiger partial charge in [-0.15, -0.1) is 0 Å². The molecule has 0 bridgehead atoms. The molecule has 1 aliphatic heterocycles. The molecule has 6 heteroatoms. The minimum Gasteiger partial charge on any atom is -0.493 e. The molecular formula is C17H26N2O4. The van der Waals surface area contributed by atoms with Gasteiger partial charge in [0.25, 0.3) is 0 Å². The molecule has 1 fully saturated rings. The lowest BCUT2D eigenvalue weighted by molar-refractivity contribution is 0.213. The van der Waals surface area contributed by atoms with Crippen LogP contribution in [0.15, 0.2) is 12.1 Å². The molecule has 2 amide bonds. The van der Waals surface area contributed by atoms with Gasteiger partial charge in [0.2, 0.25) is 5.75 Å². The van der Waals surface area contributed by atoms with E-state index in [4.69, 9.17) is 14.2 Å². The number of nitrogens with zero attached hydrogens (tertiary/aromatic N) is 1. The highest BCUT2D eigenvalue weighted by atomic mass is 16.5. The second kappa shape index (κ2) is 7.94. The number of hydrogen-bond acceptors (Lipinski definition) is 4. The summed E-state index contributed by atoms with van der Waals surface area (Å²) in [5.41, 5.74) is 0.627. The van der Waals surface area contributed by atoms with Gasteiger partial charge < -0.3 is 24.4 Å². The van der Waals surface area contributed by atoms with Gasteiger partial charge in [-0.3, -0.25) is 0 Å². The van der Waals surface area contributed by atoms with Crippen molar-refractivity contribution in [3.05, 3.63) is 12.1 Å². The lowest BCUT2D eigenvalue weighted by atomic mass is 10.0. The summed E-state index contributed by atoms with van der Waals surface area (Å²) in [6, 6.07) is 3.38. The van der Waals surface area contributed by atoms with Crippen molar-refractivity contribution >= 4 is 11.7 Å². The van der Waals surface area contributed by atoms with E-state index in [1.807, 2.05) is 4.90 Å². The van der Waals surface area contributed by atoms with Crippen molar-refractivity contribution in [3.8, 4) is 17.2 Å². The van der Waals surface area contributed by atoms with Crippen LogP contribution in [0.4, 0.5) is 10.5 Å². The molecule has 1 aromatic carbocycles. The normalized spacial score (nSPS) is 18.1. The summed E-state index contributed by atoms with van der Waals surface area (Å²) in [6.07, 6.45) is 3.26. The maximum Gasteiger partial charge on any atom is 0.321 e. The SMILES string of the molecule is COc1cc(NC(=O)N2CCCC(C)CC2)cc(OC)c1OC. The number of methoxy groups -OCH3 is 3. The molecule has 1 unspecified atom stereocenters. The van der Waals surface area contributed by atoms with E-state index in [0.29, 0.717) is 28.9 Å². The number of likely N-dealkylation sites (tertiary alicyclic amines) is 1. The molecule has 0 aliphatic carbocycles. The maximum atomic E-state index is 12.5. The first-order valence-electron chi connectivity index (χ1n) is 7.95. The van der Waals surface area contributed by atoms with Crippen molar-refractivity contribution in [2.24, 2.45) is 5.92 Å². The van der Waals surface area contributed by atoms with E-state index in [0.717, 1.165) is 25.9 Å². The van der Waals surface area contributed by atoms with Crippen LogP contribution in [-0.2, 0) is 0 Å². The Morgan fingerprint density at radius 2 is 1.74 bits per heavy atom. The minimum absolute atomic E-state index is 0.0895.